The molecule has 0 radical (unpaired) electrons. The normalized spacial score (nSPS) is 33.2. The van der Waals surface area contributed by atoms with Gasteiger partial charge in [-0.05, 0) is 37.4 Å². The van der Waals surface area contributed by atoms with E-state index in [1.54, 1.807) is 0 Å². The SMILES string of the molecule is CN1C2C=CC(CC2)C1c1ccc(Cl)nc1. The zero-order valence-corrected chi connectivity index (χ0v) is 10.1. The molecule has 1 aromatic rings. The lowest BCUT2D eigenvalue weighted by molar-refractivity contribution is 0.0923. The molecule has 3 heterocycles. The van der Waals surface area contributed by atoms with Gasteiger partial charge in [0.15, 0.2) is 0 Å². The van der Waals surface area contributed by atoms with Crippen molar-refractivity contribution in [1.82, 2.24) is 9.88 Å². The third kappa shape index (κ3) is 1.57. The second-order valence-corrected chi connectivity index (χ2v) is 5.11. The number of piperidine rings is 1. The van der Waals surface area contributed by atoms with E-state index in [2.05, 4.69) is 35.1 Å². The van der Waals surface area contributed by atoms with Gasteiger partial charge in [0.2, 0.25) is 0 Å². The molecule has 3 atom stereocenters. The van der Waals surface area contributed by atoms with Crippen molar-refractivity contribution in [3.63, 3.8) is 0 Å². The number of halogens is 1. The fraction of sp³-hybridized carbons (Fsp3) is 0.462. The molecule has 3 unspecified atom stereocenters. The first-order chi connectivity index (χ1) is 7.75. The Kier molecular flexibility index (Phi) is 2.49. The first-order valence-corrected chi connectivity index (χ1v) is 6.15. The Labute approximate surface area is 101 Å². The topological polar surface area (TPSA) is 16.1 Å². The summed E-state index contributed by atoms with van der Waals surface area (Å²) in [5.41, 5.74) is 1.28. The highest BCUT2D eigenvalue weighted by molar-refractivity contribution is 6.29. The Morgan fingerprint density at radius 2 is 2.19 bits per heavy atom. The highest BCUT2D eigenvalue weighted by atomic mass is 35.5. The Balaban J connectivity index is 1.95. The second-order valence-electron chi connectivity index (χ2n) is 4.72. The summed E-state index contributed by atoms with van der Waals surface area (Å²) >= 11 is 5.83. The number of pyridine rings is 1. The Bertz CT molecular complexity index is 412. The Morgan fingerprint density at radius 3 is 2.75 bits per heavy atom. The molecule has 4 rings (SSSR count). The first-order valence-electron chi connectivity index (χ1n) is 5.77. The Hall–Kier alpha value is -0.860. The van der Waals surface area contributed by atoms with Crippen molar-refractivity contribution in [2.45, 2.75) is 24.9 Å². The molecule has 3 heteroatoms. The van der Waals surface area contributed by atoms with E-state index >= 15 is 0 Å². The van der Waals surface area contributed by atoms with Crippen molar-refractivity contribution >= 4 is 11.6 Å². The molecule has 2 nitrogen and oxygen atoms in total. The van der Waals surface area contributed by atoms with Crippen molar-refractivity contribution in [1.29, 1.82) is 0 Å². The van der Waals surface area contributed by atoms with E-state index in [0.29, 0.717) is 23.2 Å². The van der Waals surface area contributed by atoms with E-state index in [4.69, 9.17) is 11.6 Å². The van der Waals surface area contributed by atoms with Gasteiger partial charge in [0.05, 0.1) is 0 Å². The molecule has 0 spiro atoms. The van der Waals surface area contributed by atoms with E-state index in [9.17, 15) is 0 Å². The van der Waals surface area contributed by atoms with Crippen molar-refractivity contribution in [3.8, 4) is 0 Å². The number of hydrogen-bond acceptors (Lipinski definition) is 2. The van der Waals surface area contributed by atoms with Crippen molar-refractivity contribution in [2.75, 3.05) is 7.05 Å². The summed E-state index contributed by atoms with van der Waals surface area (Å²) < 4.78 is 0. The molecular weight excluding hydrogens is 220 g/mol. The molecule has 0 N–H and O–H groups in total. The fourth-order valence-electron chi connectivity index (χ4n) is 2.98. The summed E-state index contributed by atoms with van der Waals surface area (Å²) in [6.07, 6.45) is 9.20. The fourth-order valence-corrected chi connectivity index (χ4v) is 3.09. The van der Waals surface area contributed by atoms with Gasteiger partial charge < -0.3 is 0 Å². The van der Waals surface area contributed by atoms with Gasteiger partial charge in [-0.1, -0.05) is 29.8 Å². The molecule has 1 fully saturated rings. The maximum atomic E-state index is 5.83. The largest absolute Gasteiger partial charge is 0.292 e. The summed E-state index contributed by atoms with van der Waals surface area (Å²) in [5, 5.41) is 0.572. The minimum absolute atomic E-state index is 0.480. The minimum Gasteiger partial charge on any atom is -0.292 e. The number of likely N-dealkylation sites (N-methyl/N-ethyl adjacent to an activating group) is 1. The Morgan fingerprint density at radius 1 is 1.31 bits per heavy atom. The van der Waals surface area contributed by atoms with E-state index in [1.165, 1.54) is 18.4 Å². The average molecular weight is 235 g/mol. The molecule has 1 saturated heterocycles. The average Bonchev–Trinajstić information content (AvgIpc) is 2.32. The zero-order chi connectivity index (χ0) is 11.1. The predicted molar refractivity (Wildman–Crippen MR) is 65.4 cm³/mol. The summed E-state index contributed by atoms with van der Waals surface area (Å²) in [4.78, 5) is 6.64. The van der Waals surface area contributed by atoms with Crippen LogP contribution in [0.3, 0.4) is 0 Å². The predicted octanol–water partition coefficient (Wildman–Crippen LogP) is 3.06. The summed E-state index contributed by atoms with van der Waals surface area (Å²) in [7, 11) is 2.21. The van der Waals surface area contributed by atoms with Crippen molar-refractivity contribution < 1.29 is 0 Å². The molecule has 3 aliphatic rings. The standard InChI is InChI=1S/C13H15ClN2/c1-16-11-5-2-9(3-6-11)13(16)10-4-7-12(14)15-8-10/h2,4-5,7-9,11,13H,3,6H2,1H3. The highest BCUT2D eigenvalue weighted by Gasteiger charge is 2.37. The first kappa shape index (κ1) is 10.3. The van der Waals surface area contributed by atoms with Crippen molar-refractivity contribution in [2.24, 2.45) is 5.92 Å². The maximum absolute atomic E-state index is 5.83. The second kappa shape index (κ2) is 3.86. The van der Waals surface area contributed by atoms with Crippen LogP contribution in [0.25, 0.3) is 0 Å². The summed E-state index contributed by atoms with van der Waals surface area (Å²) in [6.45, 7) is 0. The van der Waals surface area contributed by atoms with Gasteiger partial charge in [0.1, 0.15) is 5.15 Å². The third-order valence-corrected chi connectivity index (χ3v) is 4.06. The number of aromatic nitrogens is 1. The number of hydrogen-bond donors (Lipinski definition) is 0. The molecule has 0 saturated carbocycles. The van der Waals surface area contributed by atoms with Crippen LogP contribution in [-0.2, 0) is 0 Å². The van der Waals surface area contributed by atoms with Crippen LogP contribution in [0, 0.1) is 5.92 Å². The molecule has 84 valence electrons. The van der Waals surface area contributed by atoms with Crippen LogP contribution in [0.1, 0.15) is 24.4 Å². The van der Waals surface area contributed by atoms with Gasteiger partial charge in [0, 0.05) is 18.3 Å². The van der Waals surface area contributed by atoms with Crippen LogP contribution >= 0.6 is 11.6 Å². The van der Waals surface area contributed by atoms with Gasteiger partial charge in [-0.2, -0.15) is 0 Å². The van der Waals surface area contributed by atoms with Crippen LogP contribution in [0.2, 0.25) is 5.15 Å². The molecule has 2 bridgehead atoms. The monoisotopic (exact) mass is 234 g/mol. The van der Waals surface area contributed by atoms with Crippen LogP contribution in [0.5, 0.6) is 0 Å². The molecule has 0 amide bonds. The molecule has 2 aliphatic heterocycles. The molecule has 16 heavy (non-hydrogen) atoms. The number of rotatable bonds is 1. The van der Waals surface area contributed by atoms with Gasteiger partial charge in [0.25, 0.3) is 0 Å². The zero-order valence-electron chi connectivity index (χ0n) is 9.31. The quantitative estimate of drug-likeness (QED) is 0.549. The lowest BCUT2D eigenvalue weighted by Gasteiger charge is -2.46. The lowest BCUT2D eigenvalue weighted by atomic mass is 9.78. The van der Waals surface area contributed by atoms with Crippen molar-refractivity contribution in [3.05, 3.63) is 41.2 Å². The van der Waals surface area contributed by atoms with Gasteiger partial charge in [-0.15, -0.1) is 0 Å². The highest BCUT2D eigenvalue weighted by Crippen LogP contribution is 2.42. The van der Waals surface area contributed by atoms with Gasteiger partial charge >= 0.3 is 0 Å². The molecular formula is C13H15ClN2. The van der Waals surface area contributed by atoms with E-state index in [1.807, 2.05) is 12.3 Å². The number of fused-ring (bicyclic) bond motifs is 2. The number of nitrogens with zero attached hydrogens (tertiary/aromatic N) is 2. The molecule has 1 aliphatic carbocycles. The lowest BCUT2D eigenvalue weighted by Crippen LogP contribution is -2.44. The molecule has 1 aromatic heterocycles. The summed E-state index contributed by atoms with van der Waals surface area (Å²) in [6, 6.07) is 5.07. The maximum Gasteiger partial charge on any atom is 0.129 e. The molecule has 0 aromatic carbocycles. The van der Waals surface area contributed by atoms with Crippen LogP contribution in [-0.4, -0.2) is 23.0 Å². The van der Waals surface area contributed by atoms with E-state index in [-0.39, 0.29) is 0 Å². The summed E-state index contributed by atoms with van der Waals surface area (Å²) in [5.74, 6) is 0.637. The third-order valence-electron chi connectivity index (χ3n) is 3.84. The van der Waals surface area contributed by atoms with Crippen LogP contribution in [0.4, 0.5) is 0 Å². The minimum atomic E-state index is 0.480. The van der Waals surface area contributed by atoms with Crippen LogP contribution in [0.15, 0.2) is 30.5 Å². The van der Waals surface area contributed by atoms with E-state index < -0.39 is 0 Å². The van der Waals surface area contributed by atoms with Crippen LogP contribution < -0.4 is 0 Å². The van der Waals surface area contributed by atoms with Gasteiger partial charge in [-0.3, -0.25) is 4.90 Å². The smallest absolute Gasteiger partial charge is 0.129 e. The van der Waals surface area contributed by atoms with E-state index in [0.717, 1.165) is 0 Å². The van der Waals surface area contributed by atoms with Gasteiger partial charge in [-0.25, -0.2) is 4.98 Å².